The number of rotatable bonds is 5. The van der Waals surface area contributed by atoms with E-state index in [2.05, 4.69) is 10.5 Å². The number of hydrogen-bond donors (Lipinski definition) is 1. The Kier molecular flexibility index (Phi) is 4.42. The molecule has 0 spiro atoms. The van der Waals surface area contributed by atoms with Gasteiger partial charge in [0.1, 0.15) is 5.71 Å². The summed E-state index contributed by atoms with van der Waals surface area (Å²) in [4.78, 5) is 12.3. The number of benzene rings is 2. The normalized spacial score (nSPS) is 13.0. The van der Waals surface area contributed by atoms with Crippen molar-refractivity contribution in [1.29, 1.82) is 0 Å². The lowest BCUT2D eigenvalue weighted by atomic mass is 10.2. The Balaban J connectivity index is 1.53. The highest BCUT2D eigenvalue weighted by Crippen LogP contribution is 2.32. The van der Waals surface area contributed by atoms with Crippen molar-refractivity contribution in [3.8, 4) is 17.2 Å². The molecule has 0 bridgehead atoms. The zero-order valence-corrected chi connectivity index (χ0v) is 14.9. The maximum atomic E-state index is 12.3. The van der Waals surface area contributed by atoms with Gasteiger partial charge in [-0.05, 0) is 44.2 Å². The van der Waals surface area contributed by atoms with Gasteiger partial charge in [-0.3, -0.25) is 4.79 Å². The van der Waals surface area contributed by atoms with Crippen LogP contribution in [0.1, 0.15) is 30.0 Å². The lowest BCUT2D eigenvalue weighted by Crippen LogP contribution is -2.19. The maximum Gasteiger partial charge on any atom is 0.271 e. The van der Waals surface area contributed by atoms with Gasteiger partial charge >= 0.3 is 0 Å². The van der Waals surface area contributed by atoms with Gasteiger partial charge in [-0.1, -0.05) is 12.1 Å². The first-order valence-corrected chi connectivity index (χ1v) is 8.55. The number of ether oxygens (including phenoxy) is 3. The fourth-order valence-corrected chi connectivity index (χ4v) is 2.78. The average Bonchev–Trinajstić information content (AvgIpc) is 3.32. The van der Waals surface area contributed by atoms with Crippen molar-refractivity contribution in [3.63, 3.8) is 0 Å². The molecule has 0 atom stereocenters. The van der Waals surface area contributed by atoms with Crippen LogP contribution in [0.3, 0.4) is 0 Å². The van der Waals surface area contributed by atoms with Crippen molar-refractivity contribution in [2.45, 2.75) is 13.8 Å². The second-order valence-corrected chi connectivity index (χ2v) is 5.92. The topological polar surface area (TPSA) is 82.3 Å². The second kappa shape index (κ2) is 7.03. The Morgan fingerprint density at radius 1 is 1.19 bits per heavy atom. The van der Waals surface area contributed by atoms with Gasteiger partial charge < -0.3 is 18.6 Å². The fourth-order valence-electron chi connectivity index (χ4n) is 2.78. The summed E-state index contributed by atoms with van der Waals surface area (Å²) in [6, 6.07) is 12.5. The van der Waals surface area contributed by atoms with Gasteiger partial charge in [-0.25, -0.2) is 5.43 Å². The van der Waals surface area contributed by atoms with Crippen LogP contribution >= 0.6 is 0 Å². The van der Waals surface area contributed by atoms with Crippen LogP contribution in [0.15, 0.2) is 52.0 Å². The molecule has 1 aromatic heterocycles. The maximum absolute atomic E-state index is 12.3. The van der Waals surface area contributed by atoms with Gasteiger partial charge in [-0.15, -0.1) is 0 Å². The third-order valence-corrected chi connectivity index (χ3v) is 4.12. The number of amides is 1. The molecular weight excluding hydrogens is 348 g/mol. The molecule has 4 rings (SSSR count). The quantitative estimate of drug-likeness (QED) is 0.550. The molecule has 1 N–H and O–H groups in total. The molecule has 0 unspecified atom stereocenters. The standard InChI is InChI=1S/C20H18N2O5/c1-3-24-16-6-4-5-13-9-17(27-19(13)16)12(2)21-22-20(23)14-7-8-15-18(10-14)26-11-25-15/h4-10H,3,11H2,1-2H3,(H,22,23)/b21-12-. The fraction of sp³-hybridized carbons (Fsp3) is 0.200. The third-order valence-electron chi connectivity index (χ3n) is 4.12. The zero-order chi connectivity index (χ0) is 18.8. The van der Waals surface area contributed by atoms with E-state index in [1.54, 1.807) is 25.1 Å². The number of fused-ring (bicyclic) bond motifs is 2. The summed E-state index contributed by atoms with van der Waals surface area (Å²) < 4.78 is 22.0. The Hall–Kier alpha value is -3.48. The van der Waals surface area contributed by atoms with Crippen molar-refractivity contribution in [2.24, 2.45) is 5.10 Å². The minimum atomic E-state index is -0.348. The molecule has 7 nitrogen and oxygen atoms in total. The molecule has 1 amide bonds. The highest BCUT2D eigenvalue weighted by molar-refractivity contribution is 6.02. The van der Waals surface area contributed by atoms with Crippen LogP contribution in [-0.2, 0) is 0 Å². The van der Waals surface area contributed by atoms with Crippen molar-refractivity contribution in [1.82, 2.24) is 5.43 Å². The van der Waals surface area contributed by atoms with Crippen molar-refractivity contribution in [3.05, 3.63) is 53.8 Å². The summed E-state index contributed by atoms with van der Waals surface area (Å²) in [6.07, 6.45) is 0. The molecule has 0 radical (unpaired) electrons. The summed E-state index contributed by atoms with van der Waals surface area (Å²) in [5.74, 6) is 2.06. The first kappa shape index (κ1) is 17.0. The van der Waals surface area contributed by atoms with E-state index in [0.29, 0.717) is 46.5 Å². The molecule has 0 fully saturated rings. The Labute approximate surface area is 155 Å². The molecular formula is C20H18N2O5. The number of para-hydroxylation sites is 1. The molecule has 0 saturated carbocycles. The summed E-state index contributed by atoms with van der Waals surface area (Å²) >= 11 is 0. The van der Waals surface area contributed by atoms with E-state index >= 15 is 0 Å². The predicted molar refractivity (Wildman–Crippen MR) is 99.6 cm³/mol. The average molecular weight is 366 g/mol. The number of hydrogen-bond acceptors (Lipinski definition) is 6. The Morgan fingerprint density at radius 3 is 2.89 bits per heavy atom. The van der Waals surface area contributed by atoms with Crippen molar-refractivity contribution in [2.75, 3.05) is 13.4 Å². The van der Waals surface area contributed by atoms with Gasteiger partial charge in [0.25, 0.3) is 5.91 Å². The molecule has 1 aliphatic rings. The van der Waals surface area contributed by atoms with Gasteiger partial charge in [0.05, 0.1) is 6.61 Å². The molecule has 3 aromatic rings. The first-order valence-electron chi connectivity index (χ1n) is 8.55. The molecule has 0 aliphatic carbocycles. The van der Waals surface area contributed by atoms with Gasteiger partial charge in [0, 0.05) is 10.9 Å². The van der Waals surface area contributed by atoms with E-state index < -0.39 is 0 Å². The smallest absolute Gasteiger partial charge is 0.271 e. The third kappa shape index (κ3) is 3.31. The lowest BCUT2D eigenvalue weighted by molar-refractivity contribution is 0.0954. The number of carbonyl (C=O) groups excluding carboxylic acids is 1. The van der Waals surface area contributed by atoms with E-state index in [0.717, 1.165) is 5.39 Å². The number of carbonyl (C=O) groups is 1. The first-order chi connectivity index (χ1) is 13.2. The van der Waals surface area contributed by atoms with Crippen LogP contribution in [0.2, 0.25) is 0 Å². The molecule has 27 heavy (non-hydrogen) atoms. The Morgan fingerprint density at radius 2 is 2.04 bits per heavy atom. The van der Waals surface area contributed by atoms with E-state index in [4.69, 9.17) is 18.6 Å². The summed E-state index contributed by atoms with van der Waals surface area (Å²) in [5.41, 5.74) is 4.17. The SMILES string of the molecule is CCOc1cccc2cc(/C(C)=N\NC(=O)c3ccc4c(c3)OCO4)oc12. The molecule has 2 aromatic carbocycles. The number of nitrogens with one attached hydrogen (secondary N) is 1. The predicted octanol–water partition coefficient (Wildman–Crippen LogP) is 3.71. The van der Waals surface area contributed by atoms with Crippen LogP contribution in [0, 0.1) is 0 Å². The molecule has 0 saturated heterocycles. The molecule has 1 aliphatic heterocycles. The second-order valence-electron chi connectivity index (χ2n) is 5.92. The van der Waals surface area contributed by atoms with Crippen LogP contribution in [0.5, 0.6) is 17.2 Å². The van der Waals surface area contributed by atoms with Gasteiger partial charge in [0.2, 0.25) is 6.79 Å². The summed E-state index contributed by atoms with van der Waals surface area (Å²) in [7, 11) is 0. The Bertz CT molecular complexity index is 1040. The van der Waals surface area contributed by atoms with E-state index in [1.807, 2.05) is 31.2 Å². The largest absolute Gasteiger partial charge is 0.490 e. The van der Waals surface area contributed by atoms with Crippen molar-refractivity contribution >= 4 is 22.6 Å². The molecule has 2 heterocycles. The zero-order valence-electron chi connectivity index (χ0n) is 14.9. The highest BCUT2D eigenvalue weighted by atomic mass is 16.7. The van der Waals surface area contributed by atoms with E-state index in [1.165, 1.54) is 0 Å². The number of furan rings is 1. The van der Waals surface area contributed by atoms with E-state index in [-0.39, 0.29) is 12.7 Å². The molecule has 138 valence electrons. The van der Waals surface area contributed by atoms with Crippen LogP contribution in [0.25, 0.3) is 11.0 Å². The van der Waals surface area contributed by atoms with Crippen LogP contribution in [0.4, 0.5) is 0 Å². The summed E-state index contributed by atoms with van der Waals surface area (Å²) in [5, 5.41) is 5.06. The molecule has 7 heteroatoms. The monoisotopic (exact) mass is 366 g/mol. The highest BCUT2D eigenvalue weighted by Gasteiger charge is 2.16. The van der Waals surface area contributed by atoms with Crippen LogP contribution in [-0.4, -0.2) is 25.0 Å². The number of hydrazone groups is 1. The van der Waals surface area contributed by atoms with Gasteiger partial charge in [0.15, 0.2) is 28.6 Å². The van der Waals surface area contributed by atoms with Crippen LogP contribution < -0.4 is 19.6 Å². The lowest BCUT2D eigenvalue weighted by Gasteiger charge is -2.03. The minimum Gasteiger partial charge on any atom is -0.490 e. The van der Waals surface area contributed by atoms with E-state index in [9.17, 15) is 4.79 Å². The minimum absolute atomic E-state index is 0.160. The van der Waals surface area contributed by atoms with Gasteiger partial charge in [-0.2, -0.15) is 5.10 Å². The number of nitrogens with zero attached hydrogens (tertiary/aromatic N) is 1. The summed E-state index contributed by atoms with van der Waals surface area (Å²) in [6.45, 7) is 4.39. The van der Waals surface area contributed by atoms with Crippen molar-refractivity contribution < 1.29 is 23.4 Å².